The first-order chi connectivity index (χ1) is 8.81. The van der Waals surface area contributed by atoms with Crippen molar-refractivity contribution in [1.29, 1.82) is 0 Å². The summed E-state index contributed by atoms with van der Waals surface area (Å²) in [5, 5.41) is 13.0. The average molecular weight is 254 g/mol. The monoisotopic (exact) mass is 254 g/mol. The maximum atomic E-state index is 9.15. The molecule has 2 fully saturated rings. The van der Waals surface area contributed by atoms with Crippen molar-refractivity contribution in [2.45, 2.75) is 64.0 Å². The van der Waals surface area contributed by atoms with Crippen LogP contribution < -0.4 is 5.32 Å². The zero-order valence-electron chi connectivity index (χ0n) is 11.9. The number of rotatable bonds is 5. The van der Waals surface area contributed by atoms with Crippen LogP contribution in [0.15, 0.2) is 0 Å². The van der Waals surface area contributed by atoms with Crippen LogP contribution in [0.1, 0.15) is 51.9 Å². The molecule has 2 N–H and O–H groups in total. The molecule has 3 nitrogen and oxygen atoms in total. The Labute approximate surface area is 112 Å². The van der Waals surface area contributed by atoms with E-state index in [1.54, 1.807) is 0 Å². The maximum absolute atomic E-state index is 9.15. The molecule has 1 aliphatic heterocycles. The SMILES string of the molecule is CCCN1CCC(NC2CCC(CO)CC2)CC1. The van der Waals surface area contributed by atoms with E-state index in [0.717, 1.165) is 12.1 Å². The van der Waals surface area contributed by atoms with E-state index in [9.17, 15) is 0 Å². The highest BCUT2D eigenvalue weighted by atomic mass is 16.3. The molecular weight excluding hydrogens is 224 g/mol. The Kier molecular flexibility index (Phi) is 5.93. The predicted octanol–water partition coefficient (Wildman–Crippen LogP) is 2.00. The van der Waals surface area contributed by atoms with Crippen molar-refractivity contribution in [1.82, 2.24) is 10.2 Å². The smallest absolute Gasteiger partial charge is 0.0459 e. The second kappa shape index (κ2) is 7.46. The van der Waals surface area contributed by atoms with Crippen molar-refractivity contribution in [3.63, 3.8) is 0 Å². The van der Waals surface area contributed by atoms with Crippen molar-refractivity contribution in [3.8, 4) is 0 Å². The van der Waals surface area contributed by atoms with E-state index in [1.165, 1.54) is 64.6 Å². The molecule has 0 aromatic rings. The molecule has 0 spiro atoms. The predicted molar refractivity (Wildman–Crippen MR) is 75.7 cm³/mol. The first-order valence-corrected chi connectivity index (χ1v) is 7.91. The Morgan fingerprint density at radius 3 is 2.17 bits per heavy atom. The van der Waals surface area contributed by atoms with Gasteiger partial charge < -0.3 is 15.3 Å². The van der Waals surface area contributed by atoms with Crippen molar-refractivity contribution < 1.29 is 5.11 Å². The number of aliphatic hydroxyl groups excluding tert-OH is 1. The van der Waals surface area contributed by atoms with E-state index in [4.69, 9.17) is 5.11 Å². The van der Waals surface area contributed by atoms with Gasteiger partial charge in [0.15, 0.2) is 0 Å². The first kappa shape index (κ1) is 14.3. The van der Waals surface area contributed by atoms with Gasteiger partial charge in [0.05, 0.1) is 0 Å². The molecule has 2 aliphatic rings. The molecule has 1 saturated heterocycles. The molecule has 3 heteroatoms. The summed E-state index contributed by atoms with van der Waals surface area (Å²) in [4.78, 5) is 2.60. The van der Waals surface area contributed by atoms with Gasteiger partial charge >= 0.3 is 0 Å². The molecule has 1 saturated carbocycles. The van der Waals surface area contributed by atoms with Crippen LogP contribution in [0.3, 0.4) is 0 Å². The molecule has 0 unspecified atom stereocenters. The van der Waals surface area contributed by atoms with Crippen LogP contribution in [-0.2, 0) is 0 Å². The zero-order chi connectivity index (χ0) is 12.8. The molecule has 0 aromatic heterocycles. The highest BCUT2D eigenvalue weighted by molar-refractivity contribution is 4.83. The molecular formula is C15H30N2O. The van der Waals surface area contributed by atoms with Crippen LogP contribution in [0.4, 0.5) is 0 Å². The van der Waals surface area contributed by atoms with Crippen molar-refractivity contribution in [2.24, 2.45) is 5.92 Å². The largest absolute Gasteiger partial charge is 0.396 e. The lowest BCUT2D eigenvalue weighted by molar-refractivity contribution is 0.154. The van der Waals surface area contributed by atoms with Gasteiger partial charge in [-0.05, 0) is 70.5 Å². The number of aliphatic hydroxyl groups is 1. The van der Waals surface area contributed by atoms with Gasteiger partial charge in [0, 0.05) is 18.7 Å². The Hall–Kier alpha value is -0.120. The summed E-state index contributed by atoms with van der Waals surface area (Å²) in [6, 6.07) is 1.46. The van der Waals surface area contributed by atoms with E-state index in [2.05, 4.69) is 17.1 Å². The highest BCUT2D eigenvalue weighted by Crippen LogP contribution is 2.25. The molecule has 18 heavy (non-hydrogen) atoms. The Bertz CT molecular complexity index is 219. The number of nitrogens with one attached hydrogen (secondary N) is 1. The summed E-state index contributed by atoms with van der Waals surface area (Å²) >= 11 is 0. The fraction of sp³-hybridized carbons (Fsp3) is 1.00. The summed E-state index contributed by atoms with van der Waals surface area (Å²) in [7, 11) is 0. The topological polar surface area (TPSA) is 35.5 Å². The standard InChI is InChI=1S/C15H30N2O/c1-2-9-17-10-7-15(8-11-17)16-14-5-3-13(12-18)4-6-14/h13-16,18H,2-12H2,1H3. The van der Waals surface area contributed by atoms with E-state index in [1.807, 2.05) is 0 Å². The van der Waals surface area contributed by atoms with Gasteiger partial charge in [-0.3, -0.25) is 0 Å². The molecule has 0 aromatic carbocycles. The zero-order valence-corrected chi connectivity index (χ0v) is 11.9. The first-order valence-electron chi connectivity index (χ1n) is 7.91. The van der Waals surface area contributed by atoms with Gasteiger partial charge in [-0.2, -0.15) is 0 Å². The Balaban J connectivity index is 1.63. The summed E-state index contributed by atoms with van der Waals surface area (Å²) in [5.74, 6) is 0.578. The van der Waals surface area contributed by atoms with E-state index in [0.29, 0.717) is 12.5 Å². The number of piperidine rings is 1. The van der Waals surface area contributed by atoms with Crippen molar-refractivity contribution in [3.05, 3.63) is 0 Å². The second-order valence-electron chi connectivity index (χ2n) is 6.18. The Morgan fingerprint density at radius 1 is 1.00 bits per heavy atom. The minimum Gasteiger partial charge on any atom is -0.396 e. The maximum Gasteiger partial charge on any atom is 0.0459 e. The minimum absolute atomic E-state index is 0.391. The van der Waals surface area contributed by atoms with E-state index >= 15 is 0 Å². The van der Waals surface area contributed by atoms with Crippen LogP contribution in [0, 0.1) is 5.92 Å². The fourth-order valence-corrected chi connectivity index (χ4v) is 3.48. The van der Waals surface area contributed by atoms with Crippen molar-refractivity contribution >= 4 is 0 Å². The van der Waals surface area contributed by atoms with Gasteiger partial charge in [-0.15, -0.1) is 0 Å². The van der Waals surface area contributed by atoms with Gasteiger partial charge in [-0.25, -0.2) is 0 Å². The lowest BCUT2D eigenvalue weighted by Gasteiger charge is -2.36. The van der Waals surface area contributed by atoms with Crippen LogP contribution in [0.5, 0.6) is 0 Å². The van der Waals surface area contributed by atoms with Crippen LogP contribution in [0.25, 0.3) is 0 Å². The van der Waals surface area contributed by atoms with Crippen LogP contribution in [0.2, 0.25) is 0 Å². The molecule has 1 heterocycles. The molecule has 1 aliphatic carbocycles. The second-order valence-corrected chi connectivity index (χ2v) is 6.18. The van der Waals surface area contributed by atoms with Gasteiger partial charge in [0.2, 0.25) is 0 Å². The quantitative estimate of drug-likeness (QED) is 0.788. The molecule has 2 rings (SSSR count). The summed E-state index contributed by atoms with van der Waals surface area (Å²) in [5.41, 5.74) is 0. The summed E-state index contributed by atoms with van der Waals surface area (Å²) in [6.45, 7) is 6.48. The third kappa shape index (κ3) is 4.22. The Morgan fingerprint density at radius 2 is 1.61 bits per heavy atom. The van der Waals surface area contributed by atoms with Gasteiger partial charge in [0.1, 0.15) is 0 Å². The molecule has 106 valence electrons. The van der Waals surface area contributed by atoms with E-state index in [-0.39, 0.29) is 0 Å². The average Bonchev–Trinajstić information content (AvgIpc) is 2.42. The minimum atomic E-state index is 0.391. The number of likely N-dealkylation sites (tertiary alicyclic amines) is 1. The van der Waals surface area contributed by atoms with Gasteiger partial charge in [-0.1, -0.05) is 6.92 Å². The lowest BCUT2D eigenvalue weighted by Crippen LogP contribution is -2.47. The molecule has 0 radical (unpaired) electrons. The fourth-order valence-electron chi connectivity index (χ4n) is 3.48. The third-order valence-electron chi connectivity index (χ3n) is 4.70. The number of nitrogens with zero attached hydrogens (tertiary/aromatic N) is 1. The van der Waals surface area contributed by atoms with Crippen molar-refractivity contribution in [2.75, 3.05) is 26.2 Å². The summed E-state index contributed by atoms with van der Waals surface area (Å²) in [6.07, 6.45) is 8.87. The lowest BCUT2D eigenvalue weighted by atomic mass is 9.86. The molecule has 0 amide bonds. The van der Waals surface area contributed by atoms with Crippen LogP contribution >= 0.6 is 0 Å². The third-order valence-corrected chi connectivity index (χ3v) is 4.70. The van der Waals surface area contributed by atoms with Gasteiger partial charge in [0.25, 0.3) is 0 Å². The highest BCUT2D eigenvalue weighted by Gasteiger charge is 2.24. The molecule has 0 atom stereocenters. The number of hydrogen-bond acceptors (Lipinski definition) is 3. The number of hydrogen-bond donors (Lipinski definition) is 2. The molecule has 0 bridgehead atoms. The summed E-state index contributed by atoms with van der Waals surface area (Å²) < 4.78 is 0. The van der Waals surface area contributed by atoms with Crippen LogP contribution in [-0.4, -0.2) is 48.3 Å². The normalized spacial score (nSPS) is 31.7. The van der Waals surface area contributed by atoms with E-state index < -0.39 is 0 Å².